The van der Waals surface area contributed by atoms with E-state index in [9.17, 15) is 25.2 Å². The molecule has 8 nitrogen and oxygen atoms in total. The average Bonchev–Trinajstić information content (AvgIpc) is 2.51. The minimum atomic E-state index is -2.06. The van der Waals surface area contributed by atoms with Crippen LogP contribution in [0.3, 0.4) is 0 Å². The molecule has 1 rings (SSSR count). The molecule has 0 saturated carbocycles. The number of aliphatic hydroxyl groups excluding tert-OH is 5. The van der Waals surface area contributed by atoms with Gasteiger partial charge in [-0.25, -0.2) is 10.9 Å². The molecule has 0 bridgehead atoms. The highest BCUT2D eigenvalue weighted by Crippen LogP contribution is 2.14. The van der Waals surface area contributed by atoms with Crippen molar-refractivity contribution in [2.24, 2.45) is 5.84 Å². The quantitative estimate of drug-likeness (QED) is 0.197. The van der Waals surface area contributed by atoms with Crippen molar-refractivity contribution < 1.29 is 30.3 Å². The summed E-state index contributed by atoms with van der Waals surface area (Å²) < 4.78 is 0. The molecular formula is C13H20N2O6. The summed E-state index contributed by atoms with van der Waals surface area (Å²) in [7, 11) is 0. The van der Waals surface area contributed by atoms with Gasteiger partial charge in [0.05, 0.1) is 11.8 Å². The lowest BCUT2D eigenvalue weighted by Crippen LogP contribution is -2.55. The number of hydrogen-bond donors (Lipinski definition) is 6. The minimum absolute atomic E-state index is 0.277. The van der Waals surface area contributed by atoms with E-state index in [1.165, 1.54) is 19.1 Å². The van der Waals surface area contributed by atoms with Gasteiger partial charge in [0.1, 0.15) is 18.3 Å². The largest absolute Gasteiger partial charge is 0.391 e. The molecule has 0 heterocycles. The average molecular weight is 300 g/mol. The smallest absolute Gasteiger partial charge is 0.272 e. The van der Waals surface area contributed by atoms with E-state index in [0.29, 0.717) is 5.01 Å². The van der Waals surface area contributed by atoms with E-state index in [0.717, 1.165) is 0 Å². The van der Waals surface area contributed by atoms with Gasteiger partial charge >= 0.3 is 0 Å². The molecule has 0 spiro atoms. The molecule has 0 fully saturated rings. The Bertz CT molecular complexity index is 455. The lowest BCUT2D eigenvalue weighted by atomic mass is 9.99. The van der Waals surface area contributed by atoms with E-state index >= 15 is 0 Å². The van der Waals surface area contributed by atoms with E-state index in [1.54, 1.807) is 18.2 Å². The van der Waals surface area contributed by atoms with Crippen LogP contribution < -0.4 is 10.9 Å². The minimum Gasteiger partial charge on any atom is -0.391 e. The summed E-state index contributed by atoms with van der Waals surface area (Å²) in [5.74, 6) is 4.47. The van der Waals surface area contributed by atoms with Crippen LogP contribution in [0.25, 0.3) is 0 Å². The standard InChI is InChI=1S/C13H20N2O6/c1-7(16)9(17)10(18)11(19)12(20)13(21)15(14)8-5-3-2-4-6-8/h2-7,9-12,16-20H,14H2,1H3/t7-,9-,10-,11+,12+/m1/s1. The highest BCUT2D eigenvalue weighted by molar-refractivity contribution is 5.95. The van der Waals surface area contributed by atoms with Crippen LogP contribution in [0.2, 0.25) is 0 Å². The summed E-state index contributed by atoms with van der Waals surface area (Å²) in [5.41, 5.74) is 0.277. The molecule has 1 aromatic carbocycles. The van der Waals surface area contributed by atoms with Gasteiger partial charge in [-0.15, -0.1) is 0 Å². The van der Waals surface area contributed by atoms with Crippen LogP contribution in [0.4, 0.5) is 5.69 Å². The maximum Gasteiger partial charge on any atom is 0.272 e. The summed E-state index contributed by atoms with van der Waals surface area (Å²) in [5, 5.41) is 48.2. The number of hydrogen-bond acceptors (Lipinski definition) is 7. The van der Waals surface area contributed by atoms with Crippen molar-refractivity contribution in [1.29, 1.82) is 0 Å². The van der Waals surface area contributed by atoms with E-state index in [4.69, 9.17) is 10.9 Å². The van der Waals surface area contributed by atoms with E-state index in [1.807, 2.05) is 0 Å². The maximum atomic E-state index is 11.9. The zero-order valence-corrected chi connectivity index (χ0v) is 11.4. The van der Waals surface area contributed by atoms with E-state index < -0.39 is 36.4 Å². The van der Waals surface area contributed by atoms with Crippen LogP contribution in [0, 0.1) is 0 Å². The Morgan fingerprint density at radius 2 is 1.52 bits per heavy atom. The second-order valence-corrected chi connectivity index (χ2v) is 4.70. The van der Waals surface area contributed by atoms with Crippen LogP contribution in [-0.4, -0.2) is 62.0 Å². The molecule has 0 aromatic heterocycles. The second-order valence-electron chi connectivity index (χ2n) is 4.70. The van der Waals surface area contributed by atoms with Gasteiger partial charge in [-0.2, -0.15) is 0 Å². The molecule has 0 aliphatic rings. The first-order chi connectivity index (χ1) is 9.77. The number of rotatable bonds is 6. The van der Waals surface area contributed by atoms with Gasteiger partial charge in [-0.1, -0.05) is 18.2 Å². The zero-order valence-electron chi connectivity index (χ0n) is 11.4. The number of para-hydroxylation sites is 1. The number of hydrazine groups is 1. The van der Waals surface area contributed by atoms with Gasteiger partial charge in [0.15, 0.2) is 6.10 Å². The van der Waals surface area contributed by atoms with Crippen molar-refractivity contribution in [3.8, 4) is 0 Å². The molecule has 1 aromatic rings. The molecule has 118 valence electrons. The van der Waals surface area contributed by atoms with Crippen LogP contribution in [0.1, 0.15) is 6.92 Å². The molecule has 8 heteroatoms. The van der Waals surface area contributed by atoms with Gasteiger partial charge in [0.2, 0.25) is 0 Å². The second kappa shape index (κ2) is 7.46. The van der Waals surface area contributed by atoms with Crippen molar-refractivity contribution in [2.75, 3.05) is 5.01 Å². The lowest BCUT2D eigenvalue weighted by molar-refractivity contribution is -0.151. The highest BCUT2D eigenvalue weighted by Gasteiger charge is 2.37. The summed E-state index contributed by atoms with van der Waals surface area (Å²) in [4.78, 5) is 11.9. The number of carbonyl (C=O) groups is 1. The van der Waals surface area contributed by atoms with Gasteiger partial charge in [0.25, 0.3) is 5.91 Å². The molecule has 0 aliphatic carbocycles. The van der Waals surface area contributed by atoms with Crippen molar-refractivity contribution in [3.05, 3.63) is 30.3 Å². The predicted molar refractivity (Wildman–Crippen MR) is 73.8 cm³/mol. The Labute approximate surface area is 121 Å². The number of benzene rings is 1. The van der Waals surface area contributed by atoms with Crippen LogP contribution >= 0.6 is 0 Å². The molecule has 0 aliphatic heterocycles. The number of nitrogens with two attached hydrogens (primary N) is 1. The fourth-order valence-electron chi connectivity index (χ4n) is 1.68. The summed E-state index contributed by atoms with van der Waals surface area (Å²) in [6.45, 7) is 1.19. The maximum absolute atomic E-state index is 11.9. The van der Waals surface area contributed by atoms with Crippen molar-refractivity contribution in [3.63, 3.8) is 0 Å². The SMILES string of the molecule is C[C@@H](O)[C@@H](O)[C@@H](O)[C@H](O)[C@H](O)C(=O)N(N)c1ccccc1. The number of aliphatic hydroxyl groups is 5. The number of amides is 1. The molecule has 1 amide bonds. The van der Waals surface area contributed by atoms with Gasteiger partial charge in [-0.3, -0.25) is 4.79 Å². The topological polar surface area (TPSA) is 147 Å². The molecule has 0 radical (unpaired) electrons. The Hall–Kier alpha value is -1.55. The van der Waals surface area contributed by atoms with Crippen LogP contribution in [0.15, 0.2) is 30.3 Å². The Kier molecular flexibility index (Phi) is 6.21. The third-order valence-electron chi connectivity index (χ3n) is 3.04. The van der Waals surface area contributed by atoms with Gasteiger partial charge in [0, 0.05) is 0 Å². The highest BCUT2D eigenvalue weighted by atomic mass is 16.4. The Balaban J connectivity index is 2.78. The Morgan fingerprint density at radius 3 is 2.00 bits per heavy atom. The van der Waals surface area contributed by atoms with Gasteiger partial charge in [-0.05, 0) is 19.1 Å². The number of anilines is 1. The summed E-state index contributed by atoms with van der Waals surface area (Å²) in [6, 6.07) is 7.97. The number of carbonyl (C=O) groups excluding carboxylic acids is 1. The number of nitrogens with zero attached hydrogens (tertiary/aromatic N) is 1. The van der Waals surface area contributed by atoms with E-state index in [-0.39, 0.29) is 5.69 Å². The first kappa shape index (κ1) is 17.5. The molecule has 7 N–H and O–H groups in total. The summed E-state index contributed by atoms with van der Waals surface area (Å²) in [6.07, 6.45) is -9.03. The van der Waals surface area contributed by atoms with Crippen molar-refractivity contribution in [2.45, 2.75) is 37.4 Å². The zero-order chi connectivity index (χ0) is 16.2. The predicted octanol–water partition coefficient (Wildman–Crippen LogP) is -2.28. The van der Waals surface area contributed by atoms with Crippen LogP contribution in [-0.2, 0) is 4.79 Å². The lowest BCUT2D eigenvalue weighted by Gasteiger charge is -2.29. The van der Waals surface area contributed by atoms with Gasteiger partial charge < -0.3 is 25.5 Å². The third kappa shape index (κ3) is 4.21. The molecule has 0 saturated heterocycles. The van der Waals surface area contributed by atoms with Crippen molar-refractivity contribution in [1.82, 2.24) is 0 Å². The fraction of sp³-hybridized carbons (Fsp3) is 0.462. The normalized spacial score (nSPS) is 18.4. The fourth-order valence-corrected chi connectivity index (χ4v) is 1.68. The van der Waals surface area contributed by atoms with E-state index in [2.05, 4.69) is 0 Å². The monoisotopic (exact) mass is 300 g/mol. The third-order valence-corrected chi connectivity index (χ3v) is 3.04. The summed E-state index contributed by atoms with van der Waals surface area (Å²) >= 11 is 0. The molecule has 5 atom stereocenters. The van der Waals surface area contributed by atoms with Crippen molar-refractivity contribution >= 4 is 11.6 Å². The first-order valence-corrected chi connectivity index (χ1v) is 6.31. The molecule has 0 unspecified atom stereocenters. The molecule has 21 heavy (non-hydrogen) atoms. The molecular weight excluding hydrogens is 280 g/mol. The Morgan fingerprint density at radius 1 is 1.00 bits per heavy atom. The first-order valence-electron chi connectivity index (χ1n) is 6.31. The van der Waals surface area contributed by atoms with Crippen LogP contribution in [0.5, 0.6) is 0 Å².